The Morgan fingerprint density at radius 2 is 2.06 bits per heavy atom. The molecule has 1 aliphatic heterocycles. The summed E-state index contributed by atoms with van der Waals surface area (Å²) in [5.74, 6) is -2.16. The molecule has 31 heavy (non-hydrogen) atoms. The minimum atomic E-state index is -3.51. The van der Waals surface area contributed by atoms with E-state index in [2.05, 4.69) is 9.98 Å². The Morgan fingerprint density at radius 3 is 2.68 bits per heavy atom. The first-order valence-corrected chi connectivity index (χ1v) is 10.8. The van der Waals surface area contributed by atoms with E-state index in [1.165, 1.54) is 44.4 Å². The van der Waals surface area contributed by atoms with E-state index in [9.17, 15) is 22.7 Å². The van der Waals surface area contributed by atoms with Crippen LogP contribution < -0.4 is 5.32 Å². The third-order valence-corrected chi connectivity index (χ3v) is 6.84. The van der Waals surface area contributed by atoms with Crippen molar-refractivity contribution < 1.29 is 27.8 Å². The summed E-state index contributed by atoms with van der Waals surface area (Å²) in [6.07, 6.45) is 0.950. The number of aromatic nitrogens is 1. The zero-order chi connectivity index (χ0) is 23.0. The summed E-state index contributed by atoms with van der Waals surface area (Å²) in [6, 6.07) is 6.61. The van der Waals surface area contributed by atoms with Crippen molar-refractivity contribution in [3.8, 4) is 0 Å². The Balaban J connectivity index is 2.05. The van der Waals surface area contributed by atoms with Crippen molar-refractivity contribution in [3.05, 3.63) is 64.2 Å². The van der Waals surface area contributed by atoms with Crippen LogP contribution in [0.1, 0.15) is 23.7 Å². The summed E-state index contributed by atoms with van der Waals surface area (Å²) < 4.78 is 51.1. The SMILES string of the molecule is CN1C(NC(=O)O)=NC(C)(c2cc(/C=C(\F)c3ccc(Cl)cn3)ccc2F)CS1(O)O. The Bertz CT molecular complexity index is 1080. The Morgan fingerprint density at radius 1 is 1.35 bits per heavy atom. The third-order valence-electron chi connectivity index (χ3n) is 4.62. The van der Waals surface area contributed by atoms with Crippen LogP contribution in [0, 0.1) is 5.82 Å². The second-order valence-corrected chi connectivity index (χ2v) is 9.54. The zero-order valence-corrected chi connectivity index (χ0v) is 18.0. The summed E-state index contributed by atoms with van der Waals surface area (Å²) in [6.45, 7) is 1.43. The van der Waals surface area contributed by atoms with Gasteiger partial charge in [-0.05, 0) is 42.8 Å². The number of aliphatic imine (C=N–C) groups is 1. The van der Waals surface area contributed by atoms with E-state index in [1.54, 1.807) is 0 Å². The Labute approximate surface area is 183 Å². The lowest BCUT2D eigenvalue weighted by Crippen LogP contribution is -2.51. The van der Waals surface area contributed by atoms with E-state index in [-0.39, 0.29) is 22.8 Å². The van der Waals surface area contributed by atoms with Crippen molar-refractivity contribution in [2.45, 2.75) is 12.5 Å². The molecule has 3 rings (SSSR count). The molecule has 1 aromatic heterocycles. The molecule has 166 valence electrons. The highest BCUT2D eigenvalue weighted by Gasteiger charge is 2.43. The van der Waals surface area contributed by atoms with Crippen LogP contribution in [0.4, 0.5) is 13.6 Å². The fourth-order valence-corrected chi connectivity index (χ4v) is 4.71. The highest BCUT2D eigenvalue weighted by Crippen LogP contribution is 2.52. The maximum absolute atomic E-state index is 14.7. The molecule has 1 aromatic carbocycles. The van der Waals surface area contributed by atoms with Crippen molar-refractivity contribution in [2.75, 3.05) is 12.8 Å². The largest absolute Gasteiger partial charge is 0.465 e. The number of halogens is 3. The molecule has 4 N–H and O–H groups in total. The van der Waals surface area contributed by atoms with Crippen LogP contribution in [0.15, 0.2) is 41.5 Å². The molecule has 8 nitrogen and oxygen atoms in total. The van der Waals surface area contributed by atoms with Gasteiger partial charge in [0.15, 0.2) is 0 Å². The van der Waals surface area contributed by atoms with Gasteiger partial charge in [-0.15, -0.1) is 10.8 Å². The molecular formula is C19H19ClF2N4O4S. The fourth-order valence-electron chi connectivity index (χ4n) is 3.07. The van der Waals surface area contributed by atoms with Gasteiger partial charge in [0.05, 0.1) is 16.5 Å². The number of benzene rings is 1. The predicted molar refractivity (Wildman–Crippen MR) is 116 cm³/mol. The number of carboxylic acid groups (broad SMARTS) is 1. The van der Waals surface area contributed by atoms with Crippen LogP contribution in [0.3, 0.4) is 0 Å². The van der Waals surface area contributed by atoms with Crippen molar-refractivity contribution >= 4 is 46.3 Å². The normalized spacial score (nSPS) is 22.0. The number of hydrogen-bond donors (Lipinski definition) is 4. The molecule has 2 heterocycles. The van der Waals surface area contributed by atoms with Gasteiger partial charge in [-0.25, -0.2) is 22.9 Å². The van der Waals surface area contributed by atoms with Gasteiger partial charge in [0.1, 0.15) is 17.2 Å². The number of carbonyl (C=O) groups is 1. The van der Waals surface area contributed by atoms with Crippen LogP contribution >= 0.6 is 22.4 Å². The van der Waals surface area contributed by atoms with Crippen molar-refractivity contribution in [2.24, 2.45) is 4.99 Å². The van der Waals surface area contributed by atoms with E-state index in [0.29, 0.717) is 5.02 Å². The smallest absolute Gasteiger partial charge is 0.411 e. The number of nitrogens with one attached hydrogen (secondary N) is 1. The summed E-state index contributed by atoms with van der Waals surface area (Å²) in [5.41, 5.74) is -1.30. The Kier molecular flexibility index (Phi) is 6.23. The monoisotopic (exact) mass is 472 g/mol. The zero-order valence-electron chi connectivity index (χ0n) is 16.4. The van der Waals surface area contributed by atoms with Crippen LogP contribution in [0.25, 0.3) is 11.9 Å². The van der Waals surface area contributed by atoms with Crippen LogP contribution in [-0.4, -0.2) is 48.4 Å². The standard InChI is InChI=1S/C19H19ClF2N4O4S/c1-19(10-31(29,30)26(2)17(25-19)24-18(27)28)13-7-11(3-5-14(13)21)8-15(22)16-6-4-12(20)9-23-16/h3-9,29-30H,10H2,1-2H3,(H,24,25)(H,27,28)/b15-8-. The summed E-state index contributed by atoms with van der Waals surface area (Å²) in [7, 11) is -2.26. The lowest BCUT2D eigenvalue weighted by Gasteiger charge is -2.49. The van der Waals surface area contributed by atoms with Gasteiger partial charge in [0, 0.05) is 18.8 Å². The number of rotatable bonds is 3. The van der Waals surface area contributed by atoms with Crippen molar-refractivity contribution in [1.82, 2.24) is 14.6 Å². The van der Waals surface area contributed by atoms with Gasteiger partial charge >= 0.3 is 6.09 Å². The van der Waals surface area contributed by atoms with Gasteiger partial charge in [0.25, 0.3) is 0 Å². The molecular weight excluding hydrogens is 454 g/mol. The topological polar surface area (TPSA) is 118 Å². The number of amides is 1. The first kappa shape index (κ1) is 22.9. The maximum Gasteiger partial charge on any atom is 0.411 e. The van der Waals surface area contributed by atoms with Crippen molar-refractivity contribution in [1.29, 1.82) is 0 Å². The minimum absolute atomic E-state index is 0.0286. The van der Waals surface area contributed by atoms with Gasteiger partial charge in [-0.3, -0.25) is 19.4 Å². The average Bonchev–Trinajstić information content (AvgIpc) is 2.67. The molecule has 0 saturated heterocycles. The molecule has 1 unspecified atom stereocenters. The molecule has 0 fully saturated rings. The molecule has 0 spiro atoms. The van der Waals surface area contributed by atoms with Crippen LogP contribution in [0.2, 0.25) is 5.02 Å². The third kappa shape index (κ3) is 4.96. The highest BCUT2D eigenvalue weighted by molar-refractivity contribution is 8.22. The Hall–Kier alpha value is -2.73. The molecule has 12 heteroatoms. The highest BCUT2D eigenvalue weighted by atomic mass is 35.5. The van der Waals surface area contributed by atoms with E-state index >= 15 is 0 Å². The lowest BCUT2D eigenvalue weighted by molar-refractivity contribution is 0.199. The number of guanidine groups is 1. The molecule has 2 aromatic rings. The first-order chi connectivity index (χ1) is 14.4. The second kappa shape index (κ2) is 8.42. The van der Waals surface area contributed by atoms with Gasteiger partial charge in [0.2, 0.25) is 5.96 Å². The van der Waals surface area contributed by atoms with Crippen LogP contribution in [-0.2, 0) is 5.54 Å². The van der Waals surface area contributed by atoms with Crippen molar-refractivity contribution in [3.63, 3.8) is 0 Å². The van der Waals surface area contributed by atoms with Gasteiger partial charge < -0.3 is 5.11 Å². The van der Waals surface area contributed by atoms with E-state index in [4.69, 9.17) is 16.7 Å². The molecule has 0 aliphatic carbocycles. The first-order valence-electron chi connectivity index (χ1n) is 8.80. The van der Waals surface area contributed by atoms with Crippen LogP contribution in [0.5, 0.6) is 0 Å². The molecule has 1 aliphatic rings. The lowest BCUT2D eigenvalue weighted by atomic mass is 9.92. The second-order valence-electron chi connectivity index (χ2n) is 7.01. The quantitative estimate of drug-likeness (QED) is 0.510. The fraction of sp³-hybridized carbons (Fsp3) is 0.211. The van der Waals surface area contributed by atoms with Gasteiger partial charge in [-0.2, -0.15) is 0 Å². The molecule has 1 atom stereocenters. The van der Waals surface area contributed by atoms with E-state index in [1.807, 2.05) is 5.32 Å². The van der Waals surface area contributed by atoms with E-state index < -0.39 is 39.8 Å². The maximum atomic E-state index is 14.7. The summed E-state index contributed by atoms with van der Waals surface area (Å²) in [5, 5.41) is 11.3. The minimum Gasteiger partial charge on any atom is -0.465 e. The molecule has 1 amide bonds. The number of nitrogens with zero attached hydrogens (tertiary/aromatic N) is 3. The van der Waals surface area contributed by atoms with E-state index in [0.717, 1.165) is 16.4 Å². The summed E-state index contributed by atoms with van der Waals surface area (Å²) in [4.78, 5) is 19.2. The summed E-state index contributed by atoms with van der Waals surface area (Å²) >= 11 is 5.75. The number of hydrogen-bond acceptors (Lipinski definition) is 6. The predicted octanol–water partition coefficient (Wildman–Crippen LogP) is 4.79. The average molecular weight is 473 g/mol. The molecule has 0 bridgehead atoms. The molecule has 0 radical (unpaired) electrons. The molecule has 0 saturated carbocycles. The number of pyridine rings is 1. The van der Waals surface area contributed by atoms with Gasteiger partial charge in [-0.1, -0.05) is 17.7 Å².